The van der Waals surface area contributed by atoms with Gasteiger partial charge in [0.2, 0.25) is 0 Å². The number of aromatic nitrogens is 2. The van der Waals surface area contributed by atoms with Crippen LogP contribution in [0.2, 0.25) is 0 Å². The molecule has 0 fully saturated rings. The molecular weight excluding hydrogens is 206 g/mol. The van der Waals surface area contributed by atoms with Crippen LogP contribution in [0, 0.1) is 6.92 Å². The van der Waals surface area contributed by atoms with Crippen LogP contribution in [0.25, 0.3) is 11.4 Å². The van der Waals surface area contributed by atoms with E-state index in [2.05, 4.69) is 15.3 Å². The van der Waals surface area contributed by atoms with E-state index >= 15 is 0 Å². The lowest BCUT2D eigenvalue weighted by molar-refractivity contribution is 0.535. The van der Waals surface area contributed by atoms with Gasteiger partial charge >= 0.3 is 0 Å². The maximum Gasteiger partial charge on any atom is 0.255 e. The second-order valence-corrected chi connectivity index (χ2v) is 3.83. The molecule has 0 aromatic carbocycles. The fourth-order valence-corrected chi connectivity index (χ4v) is 1.94. The van der Waals surface area contributed by atoms with Gasteiger partial charge < -0.3 is 14.7 Å². The van der Waals surface area contributed by atoms with Gasteiger partial charge in [-0.2, -0.15) is 0 Å². The number of furan rings is 1. The van der Waals surface area contributed by atoms with Crippen molar-refractivity contribution in [1.82, 2.24) is 15.3 Å². The van der Waals surface area contributed by atoms with E-state index < -0.39 is 0 Å². The Labute approximate surface area is 91.5 Å². The average molecular weight is 217 g/mol. The van der Waals surface area contributed by atoms with E-state index in [4.69, 9.17) is 4.42 Å². The highest BCUT2D eigenvalue weighted by Crippen LogP contribution is 2.21. The fourth-order valence-electron chi connectivity index (χ4n) is 1.94. The maximum atomic E-state index is 11.8. The normalized spacial score (nSPS) is 14.1. The highest BCUT2D eigenvalue weighted by Gasteiger charge is 2.18. The zero-order valence-electron chi connectivity index (χ0n) is 8.83. The maximum absolute atomic E-state index is 11.8. The van der Waals surface area contributed by atoms with Crippen LogP contribution in [0.15, 0.2) is 21.5 Å². The Morgan fingerprint density at radius 3 is 3.06 bits per heavy atom. The lowest BCUT2D eigenvalue weighted by Gasteiger charge is -2.01. The molecule has 0 aliphatic carbocycles. The Hall–Kier alpha value is -1.88. The molecule has 0 radical (unpaired) electrons. The van der Waals surface area contributed by atoms with Crippen molar-refractivity contribution < 1.29 is 4.42 Å². The molecule has 0 saturated carbocycles. The molecule has 0 unspecified atom stereocenters. The quantitative estimate of drug-likeness (QED) is 0.745. The van der Waals surface area contributed by atoms with E-state index in [-0.39, 0.29) is 5.56 Å². The van der Waals surface area contributed by atoms with Crippen molar-refractivity contribution in [3.63, 3.8) is 0 Å². The van der Waals surface area contributed by atoms with Crippen LogP contribution in [-0.2, 0) is 13.1 Å². The van der Waals surface area contributed by atoms with E-state index in [0.29, 0.717) is 18.9 Å². The van der Waals surface area contributed by atoms with Crippen molar-refractivity contribution >= 4 is 0 Å². The van der Waals surface area contributed by atoms with Crippen molar-refractivity contribution in [3.8, 4) is 11.4 Å². The standard InChI is InChI=1S/C11H11N3O2/c1-6-7(2-3-16-6)10-13-9-5-12-4-8(9)11(15)14-10/h2-3,12H,4-5H2,1H3,(H,13,14,15). The van der Waals surface area contributed by atoms with Crippen LogP contribution in [0.4, 0.5) is 0 Å². The minimum absolute atomic E-state index is 0.0643. The topological polar surface area (TPSA) is 70.9 Å². The van der Waals surface area contributed by atoms with Gasteiger partial charge in [0.25, 0.3) is 5.56 Å². The highest BCUT2D eigenvalue weighted by atomic mass is 16.3. The first-order valence-electron chi connectivity index (χ1n) is 5.13. The number of aromatic amines is 1. The van der Waals surface area contributed by atoms with Crippen molar-refractivity contribution in [2.24, 2.45) is 0 Å². The molecule has 0 spiro atoms. The molecule has 2 N–H and O–H groups in total. The lowest BCUT2D eigenvalue weighted by Crippen LogP contribution is -2.15. The molecule has 3 heterocycles. The van der Waals surface area contributed by atoms with Gasteiger partial charge in [0.05, 0.1) is 23.1 Å². The largest absolute Gasteiger partial charge is 0.469 e. The van der Waals surface area contributed by atoms with Crippen molar-refractivity contribution in [2.75, 3.05) is 0 Å². The molecular formula is C11H11N3O2. The van der Waals surface area contributed by atoms with Gasteiger partial charge in [0.1, 0.15) is 11.6 Å². The minimum Gasteiger partial charge on any atom is -0.469 e. The molecule has 82 valence electrons. The number of fused-ring (bicyclic) bond motifs is 1. The molecule has 1 aliphatic heterocycles. The summed E-state index contributed by atoms with van der Waals surface area (Å²) in [6, 6.07) is 1.81. The summed E-state index contributed by atoms with van der Waals surface area (Å²) >= 11 is 0. The molecule has 2 aromatic rings. The molecule has 2 aromatic heterocycles. The predicted molar refractivity (Wildman–Crippen MR) is 57.8 cm³/mol. The first-order valence-corrected chi connectivity index (χ1v) is 5.13. The van der Waals surface area contributed by atoms with Crippen LogP contribution in [0.1, 0.15) is 17.0 Å². The van der Waals surface area contributed by atoms with E-state index in [1.807, 2.05) is 13.0 Å². The zero-order chi connectivity index (χ0) is 11.1. The van der Waals surface area contributed by atoms with Gasteiger partial charge in [-0.15, -0.1) is 0 Å². The molecule has 0 bridgehead atoms. The van der Waals surface area contributed by atoms with Crippen LogP contribution in [0.5, 0.6) is 0 Å². The van der Waals surface area contributed by atoms with Crippen molar-refractivity contribution in [3.05, 3.63) is 39.7 Å². The summed E-state index contributed by atoms with van der Waals surface area (Å²) < 4.78 is 5.20. The third-order valence-corrected chi connectivity index (χ3v) is 2.81. The Morgan fingerprint density at radius 1 is 1.44 bits per heavy atom. The minimum atomic E-state index is -0.0643. The molecule has 3 rings (SSSR count). The monoisotopic (exact) mass is 217 g/mol. The summed E-state index contributed by atoms with van der Waals surface area (Å²) in [5, 5.41) is 3.11. The molecule has 0 saturated heterocycles. The van der Waals surface area contributed by atoms with Gasteiger partial charge in [-0.1, -0.05) is 0 Å². The molecule has 16 heavy (non-hydrogen) atoms. The fraction of sp³-hybridized carbons (Fsp3) is 0.273. The smallest absolute Gasteiger partial charge is 0.255 e. The summed E-state index contributed by atoms with van der Waals surface area (Å²) in [6.07, 6.45) is 1.59. The van der Waals surface area contributed by atoms with Gasteiger partial charge in [-0.25, -0.2) is 4.98 Å². The molecule has 5 heteroatoms. The van der Waals surface area contributed by atoms with E-state index in [9.17, 15) is 4.79 Å². The second-order valence-electron chi connectivity index (χ2n) is 3.83. The summed E-state index contributed by atoms with van der Waals surface area (Å²) in [5.41, 5.74) is 2.35. The van der Waals surface area contributed by atoms with Gasteiger partial charge in [-0.05, 0) is 13.0 Å². The molecule has 0 amide bonds. The van der Waals surface area contributed by atoms with Gasteiger partial charge in [0.15, 0.2) is 0 Å². The van der Waals surface area contributed by atoms with Crippen LogP contribution >= 0.6 is 0 Å². The summed E-state index contributed by atoms with van der Waals surface area (Å²) in [5.74, 6) is 1.34. The number of nitrogens with zero attached hydrogens (tertiary/aromatic N) is 1. The van der Waals surface area contributed by atoms with E-state index in [1.165, 1.54) is 0 Å². The third kappa shape index (κ3) is 1.29. The van der Waals surface area contributed by atoms with Crippen LogP contribution < -0.4 is 10.9 Å². The number of nitrogens with one attached hydrogen (secondary N) is 2. The number of rotatable bonds is 1. The Morgan fingerprint density at radius 2 is 2.31 bits per heavy atom. The Kier molecular flexibility index (Phi) is 1.94. The molecule has 1 aliphatic rings. The summed E-state index contributed by atoms with van der Waals surface area (Å²) in [7, 11) is 0. The van der Waals surface area contributed by atoms with E-state index in [0.717, 1.165) is 22.6 Å². The van der Waals surface area contributed by atoms with Gasteiger partial charge in [-0.3, -0.25) is 4.79 Å². The first kappa shape index (κ1) is 9.35. The molecule has 5 nitrogen and oxygen atoms in total. The number of aryl methyl sites for hydroxylation is 1. The Bertz CT molecular complexity index is 598. The van der Waals surface area contributed by atoms with Crippen LogP contribution in [0.3, 0.4) is 0 Å². The van der Waals surface area contributed by atoms with E-state index in [1.54, 1.807) is 6.26 Å². The SMILES string of the molecule is Cc1occc1-c1nc2c(c(=O)[nH]1)CNC2. The van der Waals surface area contributed by atoms with Crippen LogP contribution in [-0.4, -0.2) is 9.97 Å². The second kappa shape index (κ2) is 3.31. The summed E-state index contributed by atoms with van der Waals surface area (Å²) in [4.78, 5) is 19.0. The number of H-pyrrole nitrogens is 1. The molecule has 0 atom stereocenters. The lowest BCUT2D eigenvalue weighted by atomic mass is 10.2. The van der Waals surface area contributed by atoms with Gasteiger partial charge in [0, 0.05) is 13.1 Å². The third-order valence-electron chi connectivity index (χ3n) is 2.81. The average Bonchev–Trinajstić information content (AvgIpc) is 2.85. The first-order chi connectivity index (χ1) is 7.75. The van der Waals surface area contributed by atoms with Crippen molar-refractivity contribution in [2.45, 2.75) is 20.0 Å². The number of hydrogen-bond donors (Lipinski definition) is 2. The predicted octanol–water partition coefficient (Wildman–Crippen LogP) is 0.942. The Balaban J connectivity index is 2.21. The highest BCUT2D eigenvalue weighted by molar-refractivity contribution is 5.57. The van der Waals surface area contributed by atoms with Crippen molar-refractivity contribution in [1.29, 1.82) is 0 Å². The number of hydrogen-bond acceptors (Lipinski definition) is 4. The zero-order valence-corrected chi connectivity index (χ0v) is 8.83. The summed E-state index contributed by atoms with van der Waals surface area (Å²) in [6.45, 7) is 3.10.